The van der Waals surface area contributed by atoms with Crippen molar-refractivity contribution in [3.05, 3.63) is 35.9 Å². The van der Waals surface area contributed by atoms with E-state index in [0.717, 1.165) is 18.5 Å². The van der Waals surface area contributed by atoms with Crippen LogP contribution in [0, 0.1) is 5.92 Å². The molecule has 0 radical (unpaired) electrons. The van der Waals surface area contributed by atoms with Crippen molar-refractivity contribution in [2.75, 3.05) is 19.6 Å². The van der Waals surface area contributed by atoms with Gasteiger partial charge in [0.05, 0.1) is 0 Å². The first-order chi connectivity index (χ1) is 9.56. The highest BCUT2D eigenvalue weighted by molar-refractivity contribution is 5.73. The summed E-state index contributed by atoms with van der Waals surface area (Å²) >= 11 is 0. The summed E-state index contributed by atoms with van der Waals surface area (Å²) < 4.78 is 0. The topological polar surface area (TPSA) is 60.9 Å². The Morgan fingerprint density at radius 2 is 2.05 bits per heavy atom. The predicted molar refractivity (Wildman–Crippen MR) is 75.2 cm³/mol. The minimum Gasteiger partial charge on any atom is -0.465 e. The SMILES string of the molecule is CC(=O)N1CC[C@H](CN(Cc2ccccc2)C(=O)O)C1. The highest BCUT2D eigenvalue weighted by Crippen LogP contribution is 2.18. The van der Waals surface area contributed by atoms with Gasteiger partial charge in [-0.3, -0.25) is 4.79 Å². The van der Waals surface area contributed by atoms with E-state index < -0.39 is 6.09 Å². The lowest BCUT2D eigenvalue weighted by molar-refractivity contribution is -0.127. The number of carboxylic acid groups (broad SMARTS) is 1. The second kappa shape index (κ2) is 6.41. The van der Waals surface area contributed by atoms with E-state index in [-0.39, 0.29) is 11.8 Å². The van der Waals surface area contributed by atoms with E-state index >= 15 is 0 Å². The molecule has 1 aromatic rings. The summed E-state index contributed by atoms with van der Waals surface area (Å²) in [6.07, 6.45) is -0.0341. The molecule has 0 aliphatic carbocycles. The second-order valence-corrected chi connectivity index (χ2v) is 5.27. The van der Waals surface area contributed by atoms with Gasteiger partial charge in [0.15, 0.2) is 0 Å². The zero-order valence-corrected chi connectivity index (χ0v) is 11.7. The first-order valence-corrected chi connectivity index (χ1v) is 6.83. The molecule has 1 fully saturated rings. The third kappa shape index (κ3) is 3.73. The number of carbonyl (C=O) groups excluding carboxylic acids is 1. The average Bonchev–Trinajstić information content (AvgIpc) is 2.88. The minimum atomic E-state index is -0.907. The quantitative estimate of drug-likeness (QED) is 0.915. The first-order valence-electron chi connectivity index (χ1n) is 6.83. The molecule has 1 saturated heterocycles. The Morgan fingerprint density at radius 3 is 2.60 bits per heavy atom. The molecule has 5 heteroatoms. The summed E-state index contributed by atoms with van der Waals surface area (Å²) in [6, 6.07) is 9.57. The summed E-state index contributed by atoms with van der Waals surface area (Å²) in [6.45, 7) is 3.83. The number of benzene rings is 1. The van der Waals surface area contributed by atoms with E-state index in [0.29, 0.717) is 19.6 Å². The normalized spacial score (nSPS) is 18.1. The van der Waals surface area contributed by atoms with Gasteiger partial charge in [-0.2, -0.15) is 0 Å². The van der Waals surface area contributed by atoms with Gasteiger partial charge in [0.1, 0.15) is 0 Å². The summed E-state index contributed by atoms with van der Waals surface area (Å²) in [4.78, 5) is 25.9. The zero-order chi connectivity index (χ0) is 14.5. The van der Waals surface area contributed by atoms with Gasteiger partial charge in [0, 0.05) is 33.1 Å². The number of hydrogen-bond acceptors (Lipinski definition) is 2. The predicted octanol–water partition coefficient (Wildman–Crippen LogP) is 2.04. The minimum absolute atomic E-state index is 0.0671. The highest BCUT2D eigenvalue weighted by Gasteiger charge is 2.27. The maximum atomic E-state index is 11.4. The number of hydrogen-bond donors (Lipinski definition) is 1. The van der Waals surface area contributed by atoms with Crippen LogP contribution in [0.3, 0.4) is 0 Å². The molecule has 2 rings (SSSR count). The Kier molecular flexibility index (Phi) is 4.61. The first kappa shape index (κ1) is 14.4. The van der Waals surface area contributed by atoms with Crippen LogP contribution in [0.2, 0.25) is 0 Å². The van der Waals surface area contributed by atoms with Crippen LogP contribution >= 0.6 is 0 Å². The van der Waals surface area contributed by atoms with Crippen LogP contribution in [0.25, 0.3) is 0 Å². The monoisotopic (exact) mass is 276 g/mol. The Morgan fingerprint density at radius 1 is 1.35 bits per heavy atom. The largest absolute Gasteiger partial charge is 0.465 e. The molecule has 5 nitrogen and oxygen atoms in total. The molecule has 0 bridgehead atoms. The fourth-order valence-electron chi connectivity index (χ4n) is 2.59. The second-order valence-electron chi connectivity index (χ2n) is 5.27. The number of nitrogens with zero attached hydrogens (tertiary/aromatic N) is 2. The molecule has 108 valence electrons. The Hall–Kier alpha value is -2.04. The molecular weight excluding hydrogens is 256 g/mol. The van der Waals surface area contributed by atoms with Crippen molar-refractivity contribution in [2.45, 2.75) is 19.9 Å². The number of likely N-dealkylation sites (tertiary alicyclic amines) is 1. The molecule has 1 aliphatic rings. The van der Waals surface area contributed by atoms with Gasteiger partial charge in [0.2, 0.25) is 5.91 Å². The Balaban J connectivity index is 1.94. The molecule has 0 saturated carbocycles. The summed E-state index contributed by atoms with van der Waals surface area (Å²) in [5.74, 6) is 0.302. The lowest BCUT2D eigenvalue weighted by Gasteiger charge is -2.23. The standard InChI is InChI=1S/C15H20N2O3/c1-12(18)16-8-7-14(10-16)11-17(15(19)20)9-13-5-3-2-4-6-13/h2-6,14H,7-11H2,1H3,(H,19,20)/t14-/m0/s1. The lowest BCUT2D eigenvalue weighted by atomic mass is 10.1. The molecule has 1 aliphatic heterocycles. The van der Waals surface area contributed by atoms with E-state index in [9.17, 15) is 14.7 Å². The third-order valence-electron chi connectivity index (χ3n) is 3.70. The fourth-order valence-corrected chi connectivity index (χ4v) is 2.59. The maximum absolute atomic E-state index is 11.4. The van der Waals surface area contributed by atoms with Crippen LogP contribution in [-0.2, 0) is 11.3 Å². The molecular formula is C15H20N2O3. The average molecular weight is 276 g/mol. The van der Waals surface area contributed by atoms with Crippen LogP contribution in [0.15, 0.2) is 30.3 Å². The molecule has 1 heterocycles. The zero-order valence-electron chi connectivity index (χ0n) is 11.7. The molecule has 0 spiro atoms. The smallest absolute Gasteiger partial charge is 0.407 e. The van der Waals surface area contributed by atoms with Crippen molar-refractivity contribution < 1.29 is 14.7 Å². The lowest BCUT2D eigenvalue weighted by Crippen LogP contribution is -2.35. The van der Waals surface area contributed by atoms with Crippen molar-refractivity contribution >= 4 is 12.0 Å². The van der Waals surface area contributed by atoms with Crippen LogP contribution in [0.1, 0.15) is 18.9 Å². The van der Waals surface area contributed by atoms with E-state index in [1.165, 1.54) is 4.90 Å². The summed E-state index contributed by atoms with van der Waals surface area (Å²) in [5, 5.41) is 9.32. The highest BCUT2D eigenvalue weighted by atomic mass is 16.4. The van der Waals surface area contributed by atoms with Gasteiger partial charge in [-0.15, -0.1) is 0 Å². The molecule has 0 unspecified atom stereocenters. The van der Waals surface area contributed by atoms with E-state index in [4.69, 9.17) is 0 Å². The molecule has 20 heavy (non-hydrogen) atoms. The summed E-state index contributed by atoms with van der Waals surface area (Å²) in [7, 11) is 0. The van der Waals surface area contributed by atoms with Crippen molar-refractivity contribution in [3.8, 4) is 0 Å². The third-order valence-corrected chi connectivity index (χ3v) is 3.70. The van der Waals surface area contributed by atoms with Crippen LogP contribution in [-0.4, -0.2) is 46.5 Å². The molecule has 1 N–H and O–H groups in total. The van der Waals surface area contributed by atoms with Crippen molar-refractivity contribution in [1.29, 1.82) is 0 Å². The number of carbonyl (C=O) groups is 2. The number of amides is 2. The van der Waals surface area contributed by atoms with E-state index in [2.05, 4.69) is 0 Å². The van der Waals surface area contributed by atoms with Gasteiger partial charge >= 0.3 is 6.09 Å². The molecule has 0 aromatic heterocycles. The van der Waals surface area contributed by atoms with E-state index in [1.54, 1.807) is 11.8 Å². The van der Waals surface area contributed by atoms with Gasteiger partial charge in [-0.25, -0.2) is 4.79 Å². The Labute approximate surface area is 118 Å². The van der Waals surface area contributed by atoms with Crippen molar-refractivity contribution in [2.24, 2.45) is 5.92 Å². The van der Waals surface area contributed by atoms with Crippen LogP contribution < -0.4 is 0 Å². The van der Waals surface area contributed by atoms with Gasteiger partial charge in [0.25, 0.3) is 0 Å². The van der Waals surface area contributed by atoms with Crippen LogP contribution in [0.4, 0.5) is 4.79 Å². The van der Waals surface area contributed by atoms with E-state index in [1.807, 2.05) is 30.3 Å². The van der Waals surface area contributed by atoms with Crippen molar-refractivity contribution in [3.63, 3.8) is 0 Å². The molecule has 2 amide bonds. The van der Waals surface area contributed by atoms with Crippen LogP contribution in [0.5, 0.6) is 0 Å². The summed E-state index contributed by atoms with van der Waals surface area (Å²) in [5.41, 5.74) is 0.983. The fraction of sp³-hybridized carbons (Fsp3) is 0.467. The van der Waals surface area contributed by atoms with Gasteiger partial charge in [-0.1, -0.05) is 30.3 Å². The Bertz CT molecular complexity index is 475. The van der Waals surface area contributed by atoms with Gasteiger partial charge < -0.3 is 14.9 Å². The number of rotatable bonds is 4. The van der Waals surface area contributed by atoms with Gasteiger partial charge in [-0.05, 0) is 17.9 Å². The van der Waals surface area contributed by atoms with Crippen molar-refractivity contribution in [1.82, 2.24) is 9.80 Å². The molecule has 1 atom stereocenters. The maximum Gasteiger partial charge on any atom is 0.407 e. The molecule has 1 aromatic carbocycles.